The zero-order valence-corrected chi connectivity index (χ0v) is 8.42. The molecule has 0 bridgehead atoms. The van der Waals surface area contributed by atoms with Crippen LogP contribution in [0.2, 0.25) is 0 Å². The van der Waals surface area contributed by atoms with Crippen molar-refractivity contribution in [3.63, 3.8) is 0 Å². The Labute approximate surface area is 81.5 Å². The van der Waals surface area contributed by atoms with Crippen molar-refractivity contribution >= 4 is 41.2 Å². The molecule has 1 N–H and O–H groups in total. The quantitative estimate of drug-likeness (QED) is 0.356. The van der Waals surface area contributed by atoms with Crippen molar-refractivity contribution in [2.45, 2.75) is 13.8 Å². The molecule has 10 heavy (non-hydrogen) atoms. The van der Waals surface area contributed by atoms with Crippen LogP contribution in [0.25, 0.3) is 0 Å². The first kappa shape index (κ1) is 12.6. The van der Waals surface area contributed by atoms with Gasteiger partial charge in [-0.15, -0.1) is 0 Å². The van der Waals surface area contributed by atoms with Gasteiger partial charge < -0.3 is 9.94 Å². The van der Waals surface area contributed by atoms with Crippen LogP contribution in [0.4, 0.5) is 0 Å². The summed E-state index contributed by atoms with van der Waals surface area (Å²) in [6.07, 6.45) is 0. The summed E-state index contributed by atoms with van der Waals surface area (Å²) in [6.45, 7) is 3.08. The molecule has 5 heteroatoms. The molecule has 53 valence electrons. The topological polar surface area (TPSA) is 58.9 Å². The molecule has 0 saturated heterocycles. The molecule has 0 amide bonds. The summed E-state index contributed by atoms with van der Waals surface area (Å²) < 4.78 is 0. The summed E-state index contributed by atoms with van der Waals surface area (Å²) in [5, 5.41) is 11.4. The van der Waals surface area contributed by atoms with Gasteiger partial charge in [0, 0.05) is 29.6 Å². The Balaban J connectivity index is 0. The molecule has 0 heterocycles. The number of carboxylic acids is 1. The molecule has 0 aromatic carbocycles. The Kier molecular flexibility index (Phi) is 8.89. The summed E-state index contributed by atoms with van der Waals surface area (Å²) in [6, 6.07) is 0. The maximum absolute atomic E-state index is 9.79. The molecule has 0 aliphatic rings. The van der Waals surface area contributed by atoms with Crippen molar-refractivity contribution < 1.29 is 14.7 Å². The molecule has 0 atom stereocenters. The zero-order chi connectivity index (χ0) is 7.28. The van der Waals surface area contributed by atoms with Crippen molar-refractivity contribution in [3.05, 3.63) is 0 Å². The van der Waals surface area contributed by atoms with Crippen molar-refractivity contribution in [3.8, 4) is 0 Å². The van der Waals surface area contributed by atoms with Crippen molar-refractivity contribution in [1.82, 2.24) is 0 Å². The summed E-state index contributed by atoms with van der Waals surface area (Å²) in [4.78, 5) is 14.1. The second kappa shape index (κ2) is 7.05. The van der Waals surface area contributed by atoms with Crippen molar-refractivity contribution in [2.75, 3.05) is 6.61 Å². The van der Waals surface area contributed by atoms with Gasteiger partial charge in [-0.2, -0.15) is 0 Å². The van der Waals surface area contributed by atoms with Crippen LogP contribution in [0.5, 0.6) is 0 Å². The normalized spacial score (nSPS) is 7.40. The minimum Gasteiger partial charge on any atom is -0.479 e. The molecule has 4 nitrogen and oxygen atoms in total. The van der Waals surface area contributed by atoms with E-state index >= 15 is 0 Å². The largest absolute Gasteiger partial charge is 0.479 e. The van der Waals surface area contributed by atoms with E-state index in [4.69, 9.17) is 5.11 Å². The summed E-state index contributed by atoms with van der Waals surface area (Å²) in [5.74, 6) is -1.01. The van der Waals surface area contributed by atoms with E-state index in [0.29, 0.717) is 5.71 Å². The summed E-state index contributed by atoms with van der Waals surface area (Å²) in [5.41, 5.74) is 0.705. The molecular formula is C5H9NNaO3. The Bertz CT molecular complexity index is 131. The molecule has 0 rings (SSSR count). The van der Waals surface area contributed by atoms with E-state index in [1.807, 2.05) is 0 Å². The van der Waals surface area contributed by atoms with Gasteiger partial charge in [0.25, 0.3) is 0 Å². The Morgan fingerprint density at radius 2 is 2.10 bits per heavy atom. The molecular weight excluding hydrogens is 145 g/mol. The van der Waals surface area contributed by atoms with Crippen molar-refractivity contribution in [2.24, 2.45) is 5.16 Å². The molecule has 0 unspecified atom stereocenters. The first-order valence-corrected chi connectivity index (χ1v) is 2.48. The molecule has 0 saturated carbocycles. The maximum Gasteiger partial charge on any atom is 0.344 e. The first-order chi connectivity index (χ1) is 4.13. The second-order valence-corrected chi connectivity index (χ2v) is 1.71. The number of aliphatic carboxylic acids is 1. The molecule has 0 aromatic heterocycles. The molecule has 0 aliphatic carbocycles. The van der Waals surface area contributed by atoms with Crippen LogP contribution in [-0.4, -0.2) is 53.0 Å². The zero-order valence-electron chi connectivity index (χ0n) is 6.42. The third-order valence-corrected chi connectivity index (χ3v) is 0.435. The maximum atomic E-state index is 9.79. The van der Waals surface area contributed by atoms with E-state index in [2.05, 4.69) is 9.99 Å². The van der Waals surface area contributed by atoms with Gasteiger partial charge in [0.05, 0.1) is 5.71 Å². The minimum absolute atomic E-state index is 0. The average molecular weight is 154 g/mol. The van der Waals surface area contributed by atoms with Gasteiger partial charge in [-0.3, -0.25) is 0 Å². The van der Waals surface area contributed by atoms with Gasteiger partial charge in [0.15, 0.2) is 0 Å². The van der Waals surface area contributed by atoms with Crippen LogP contribution in [-0.2, 0) is 9.63 Å². The molecule has 0 spiro atoms. The average Bonchev–Trinajstić information content (AvgIpc) is 1.63. The van der Waals surface area contributed by atoms with Crippen LogP contribution in [0, 0.1) is 0 Å². The number of hydrogen-bond acceptors (Lipinski definition) is 3. The van der Waals surface area contributed by atoms with Crippen LogP contribution < -0.4 is 0 Å². The molecule has 0 aliphatic heterocycles. The number of carbonyl (C=O) groups is 1. The molecule has 0 fully saturated rings. The number of rotatable bonds is 3. The van der Waals surface area contributed by atoms with Crippen molar-refractivity contribution in [1.29, 1.82) is 0 Å². The smallest absolute Gasteiger partial charge is 0.344 e. The predicted octanol–water partition coefficient (Wildman–Crippen LogP) is 0.103. The van der Waals surface area contributed by atoms with E-state index in [-0.39, 0.29) is 36.2 Å². The van der Waals surface area contributed by atoms with Gasteiger partial charge in [-0.25, -0.2) is 4.79 Å². The third-order valence-electron chi connectivity index (χ3n) is 0.435. The van der Waals surface area contributed by atoms with Crippen LogP contribution in [0.1, 0.15) is 13.8 Å². The van der Waals surface area contributed by atoms with Gasteiger partial charge >= 0.3 is 5.97 Å². The van der Waals surface area contributed by atoms with Crippen LogP contribution in [0.15, 0.2) is 5.16 Å². The van der Waals surface area contributed by atoms with Gasteiger partial charge in [-0.1, -0.05) is 5.16 Å². The van der Waals surface area contributed by atoms with Gasteiger partial charge in [0.2, 0.25) is 6.61 Å². The monoisotopic (exact) mass is 154 g/mol. The number of oxime groups is 1. The Hall–Kier alpha value is -0.0600. The molecule has 1 radical (unpaired) electrons. The third kappa shape index (κ3) is 10.8. The van der Waals surface area contributed by atoms with E-state index in [1.54, 1.807) is 13.8 Å². The van der Waals surface area contributed by atoms with Crippen LogP contribution >= 0.6 is 0 Å². The second-order valence-electron chi connectivity index (χ2n) is 1.71. The predicted molar refractivity (Wildman–Crippen MR) is 38.1 cm³/mol. The van der Waals surface area contributed by atoms with Crippen LogP contribution in [0.3, 0.4) is 0 Å². The minimum atomic E-state index is -1.01. The van der Waals surface area contributed by atoms with E-state index < -0.39 is 5.97 Å². The van der Waals surface area contributed by atoms with Gasteiger partial charge in [0.1, 0.15) is 0 Å². The fraction of sp³-hybridized carbons (Fsp3) is 0.600. The number of nitrogens with zero attached hydrogens (tertiary/aromatic N) is 1. The molecule has 0 aromatic rings. The van der Waals surface area contributed by atoms with E-state index in [9.17, 15) is 4.79 Å². The first-order valence-electron chi connectivity index (χ1n) is 2.48. The van der Waals surface area contributed by atoms with E-state index in [0.717, 1.165) is 0 Å². The van der Waals surface area contributed by atoms with E-state index in [1.165, 1.54) is 0 Å². The Morgan fingerprint density at radius 3 is 2.40 bits per heavy atom. The SMILES string of the molecule is CC(C)=NOCC(=O)O.[Na]. The summed E-state index contributed by atoms with van der Waals surface area (Å²) >= 11 is 0. The standard InChI is InChI=1S/C5H9NO3.Na/c1-4(2)6-9-3-5(7)8;/h3H2,1-2H3,(H,7,8);. The number of carboxylic acid groups (broad SMARTS) is 1. The summed E-state index contributed by atoms with van der Waals surface area (Å²) in [7, 11) is 0. The fourth-order valence-corrected chi connectivity index (χ4v) is 0.217. The number of hydrogen-bond donors (Lipinski definition) is 1. The fourth-order valence-electron chi connectivity index (χ4n) is 0.217. The Morgan fingerprint density at radius 1 is 1.60 bits per heavy atom. The van der Waals surface area contributed by atoms with Gasteiger partial charge in [-0.05, 0) is 13.8 Å².